The average molecular weight is 331 g/mol. The number of pyridine rings is 1. The van der Waals surface area contributed by atoms with Crippen molar-refractivity contribution in [3.8, 4) is 5.75 Å². The second-order valence-electron chi connectivity index (χ2n) is 6.05. The summed E-state index contributed by atoms with van der Waals surface area (Å²) in [6, 6.07) is 3.36. The summed E-state index contributed by atoms with van der Waals surface area (Å²) < 4.78 is 10.5. The van der Waals surface area contributed by atoms with Crippen LogP contribution in [0.2, 0.25) is 0 Å². The Morgan fingerprint density at radius 3 is 2.83 bits per heavy atom. The van der Waals surface area contributed by atoms with E-state index in [1.807, 2.05) is 6.92 Å². The highest BCUT2D eigenvalue weighted by Gasteiger charge is 2.29. The lowest BCUT2D eigenvalue weighted by molar-refractivity contribution is -0.0515. The van der Waals surface area contributed by atoms with Gasteiger partial charge in [0.1, 0.15) is 12.4 Å². The predicted octanol–water partition coefficient (Wildman–Crippen LogP) is 1.79. The molecule has 1 atom stereocenters. The molecule has 0 radical (unpaired) electrons. The van der Waals surface area contributed by atoms with Crippen LogP contribution >= 0.6 is 0 Å². The van der Waals surface area contributed by atoms with E-state index in [9.17, 15) is 9.90 Å². The largest absolute Gasteiger partial charge is 0.506 e. The van der Waals surface area contributed by atoms with Gasteiger partial charge in [0.2, 0.25) is 0 Å². The lowest BCUT2D eigenvalue weighted by Crippen LogP contribution is -2.49. The minimum atomic E-state index is -0.371. The number of aryl methyl sites for hydroxylation is 1. The van der Waals surface area contributed by atoms with Crippen LogP contribution in [0.4, 0.5) is 4.79 Å². The van der Waals surface area contributed by atoms with Crippen molar-refractivity contribution in [2.75, 3.05) is 26.9 Å². The Bertz CT molecular complexity index is 710. The summed E-state index contributed by atoms with van der Waals surface area (Å²) >= 11 is 0. The van der Waals surface area contributed by atoms with Crippen LogP contribution in [0.3, 0.4) is 0 Å². The van der Waals surface area contributed by atoms with Gasteiger partial charge in [0.05, 0.1) is 36.7 Å². The van der Waals surface area contributed by atoms with Gasteiger partial charge < -0.3 is 19.5 Å². The molecule has 3 rings (SSSR count). The van der Waals surface area contributed by atoms with Crippen molar-refractivity contribution in [2.24, 2.45) is 4.99 Å². The molecule has 1 aromatic rings. The highest BCUT2D eigenvalue weighted by atomic mass is 16.6. The fourth-order valence-corrected chi connectivity index (χ4v) is 2.55. The summed E-state index contributed by atoms with van der Waals surface area (Å²) in [5, 5.41) is 9.63. The molecule has 7 heteroatoms. The first-order valence-electron chi connectivity index (χ1n) is 7.88. The van der Waals surface area contributed by atoms with Crippen molar-refractivity contribution >= 4 is 17.9 Å². The van der Waals surface area contributed by atoms with Gasteiger partial charge in [-0.1, -0.05) is 0 Å². The highest BCUT2D eigenvalue weighted by Crippen LogP contribution is 2.27. The smallest absolute Gasteiger partial charge is 0.410 e. The average Bonchev–Trinajstić information content (AvgIpc) is 2.87. The molecule has 1 aromatic heterocycles. The first-order chi connectivity index (χ1) is 11.5. The van der Waals surface area contributed by atoms with Crippen LogP contribution < -0.4 is 0 Å². The standard InChI is InChI=1S/C17H21N3O4/c1-10-14(9-24-17(22)20(3)12-7-23-8-12)13(6-18-10)15-4-5-16(21)11(2)19-15/h4-6,10,12,21H,7-9H2,1-3H3. The van der Waals surface area contributed by atoms with Crippen LogP contribution in [0, 0.1) is 6.92 Å². The lowest BCUT2D eigenvalue weighted by atomic mass is 10.0. The molecule has 0 saturated carbocycles. The minimum absolute atomic E-state index is 0.0685. The van der Waals surface area contributed by atoms with E-state index in [0.717, 1.165) is 11.1 Å². The number of rotatable bonds is 4. The molecule has 24 heavy (non-hydrogen) atoms. The number of likely N-dealkylation sites (N-methyl/N-ethyl adjacent to an activating group) is 1. The van der Waals surface area contributed by atoms with E-state index in [1.165, 1.54) is 0 Å². The van der Waals surface area contributed by atoms with Gasteiger partial charge in [-0.2, -0.15) is 0 Å². The normalized spacial score (nSPS) is 20.2. The Labute approximate surface area is 140 Å². The summed E-state index contributed by atoms with van der Waals surface area (Å²) in [6.07, 6.45) is 1.37. The number of carbonyl (C=O) groups excluding carboxylic acids is 1. The number of aliphatic imine (C=N–C) groups is 1. The molecule has 1 unspecified atom stereocenters. The van der Waals surface area contributed by atoms with E-state index in [-0.39, 0.29) is 30.5 Å². The first kappa shape index (κ1) is 16.4. The summed E-state index contributed by atoms with van der Waals surface area (Å²) in [7, 11) is 1.71. The number of amides is 1. The summed E-state index contributed by atoms with van der Waals surface area (Å²) in [6.45, 7) is 4.95. The lowest BCUT2D eigenvalue weighted by Gasteiger charge is -2.33. The van der Waals surface area contributed by atoms with E-state index in [4.69, 9.17) is 9.47 Å². The molecular weight excluding hydrogens is 310 g/mol. The molecule has 0 spiro atoms. The molecule has 128 valence electrons. The maximum atomic E-state index is 12.1. The van der Waals surface area contributed by atoms with Gasteiger partial charge in [0.25, 0.3) is 0 Å². The Morgan fingerprint density at radius 1 is 1.46 bits per heavy atom. The summed E-state index contributed by atoms with van der Waals surface area (Å²) in [5.41, 5.74) is 3.01. The van der Waals surface area contributed by atoms with Gasteiger partial charge >= 0.3 is 6.09 Å². The second kappa shape index (κ2) is 6.60. The number of carbonyl (C=O) groups is 1. The predicted molar refractivity (Wildman–Crippen MR) is 89.2 cm³/mol. The quantitative estimate of drug-likeness (QED) is 0.909. The monoisotopic (exact) mass is 331 g/mol. The SMILES string of the molecule is Cc1nc(C2=C(COC(=O)N(C)C3COC3)C(C)N=C2)ccc1O. The van der Waals surface area contributed by atoms with Crippen molar-refractivity contribution in [3.05, 3.63) is 29.1 Å². The van der Waals surface area contributed by atoms with Gasteiger partial charge in [0.15, 0.2) is 0 Å². The summed E-state index contributed by atoms with van der Waals surface area (Å²) in [4.78, 5) is 22.5. The maximum Gasteiger partial charge on any atom is 0.410 e. The number of nitrogens with zero attached hydrogens (tertiary/aromatic N) is 3. The van der Waals surface area contributed by atoms with Gasteiger partial charge in [-0.15, -0.1) is 0 Å². The highest BCUT2D eigenvalue weighted by molar-refractivity contribution is 6.12. The Kier molecular flexibility index (Phi) is 4.53. The Morgan fingerprint density at radius 2 is 2.21 bits per heavy atom. The first-order valence-corrected chi connectivity index (χ1v) is 7.88. The van der Waals surface area contributed by atoms with Crippen molar-refractivity contribution in [1.82, 2.24) is 9.88 Å². The van der Waals surface area contributed by atoms with E-state index in [2.05, 4.69) is 9.98 Å². The van der Waals surface area contributed by atoms with Crippen LogP contribution in [0.1, 0.15) is 18.3 Å². The van der Waals surface area contributed by atoms with Gasteiger partial charge in [-0.05, 0) is 26.0 Å². The Balaban J connectivity index is 1.73. The van der Waals surface area contributed by atoms with Crippen LogP contribution in [-0.4, -0.2) is 66.3 Å². The third-order valence-electron chi connectivity index (χ3n) is 4.42. The molecular formula is C17H21N3O4. The van der Waals surface area contributed by atoms with Crippen molar-refractivity contribution in [2.45, 2.75) is 25.9 Å². The fourth-order valence-electron chi connectivity index (χ4n) is 2.55. The topological polar surface area (TPSA) is 84.2 Å². The number of hydrogen-bond acceptors (Lipinski definition) is 6. The molecule has 1 fully saturated rings. The van der Waals surface area contributed by atoms with Crippen molar-refractivity contribution in [1.29, 1.82) is 0 Å². The van der Waals surface area contributed by atoms with E-state index in [1.54, 1.807) is 37.2 Å². The molecule has 2 aliphatic heterocycles. The number of aromatic nitrogens is 1. The number of hydrogen-bond donors (Lipinski definition) is 1. The van der Waals surface area contributed by atoms with Crippen LogP contribution in [-0.2, 0) is 9.47 Å². The zero-order valence-corrected chi connectivity index (χ0v) is 14.0. The molecule has 1 amide bonds. The van der Waals surface area contributed by atoms with Gasteiger partial charge in [-0.25, -0.2) is 9.78 Å². The van der Waals surface area contributed by atoms with Crippen LogP contribution in [0.15, 0.2) is 22.7 Å². The molecule has 0 aromatic carbocycles. The van der Waals surface area contributed by atoms with E-state index in [0.29, 0.717) is 24.6 Å². The van der Waals surface area contributed by atoms with Crippen molar-refractivity contribution in [3.63, 3.8) is 0 Å². The number of allylic oxidation sites excluding steroid dienone is 1. The third kappa shape index (κ3) is 3.12. The van der Waals surface area contributed by atoms with Crippen LogP contribution in [0.5, 0.6) is 5.75 Å². The van der Waals surface area contributed by atoms with Gasteiger partial charge in [-0.3, -0.25) is 4.99 Å². The van der Waals surface area contributed by atoms with E-state index < -0.39 is 0 Å². The van der Waals surface area contributed by atoms with Crippen LogP contribution in [0.25, 0.3) is 5.57 Å². The second-order valence-corrected chi connectivity index (χ2v) is 6.05. The van der Waals surface area contributed by atoms with E-state index >= 15 is 0 Å². The zero-order chi connectivity index (χ0) is 17.3. The third-order valence-corrected chi connectivity index (χ3v) is 4.42. The number of aromatic hydroxyl groups is 1. The molecule has 1 N–H and O–H groups in total. The molecule has 1 saturated heterocycles. The number of ether oxygens (including phenoxy) is 2. The maximum absolute atomic E-state index is 12.1. The minimum Gasteiger partial charge on any atom is -0.506 e. The Hall–Kier alpha value is -2.41. The van der Waals surface area contributed by atoms with Gasteiger partial charge in [0, 0.05) is 24.4 Å². The summed E-state index contributed by atoms with van der Waals surface area (Å²) in [5.74, 6) is 0.152. The molecule has 3 heterocycles. The van der Waals surface area contributed by atoms with Crippen molar-refractivity contribution < 1.29 is 19.4 Å². The fraction of sp³-hybridized carbons (Fsp3) is 0.471. The molecule has 0 bridgehead atoms. The molecule has 7 nitrogen and oxygen atoms in total. The molecule has 0 aliphatic carbocycles. The zero-order valence-electron chi connectivity index (χ0n) is 14.0. The molecule has 2 aliphatic rings.